The molecule has 2 aromatic rings. The molecule has 100 valence electrons. The number of halogens is 1. The standard InChI is InChI=1S/C12H14FN5O/c1-18(2)6-7-3-8(5-9(13)4-7)10-11(12(14)19)16-17-15-10/h3-5H,6H2,1-2H3,(H2,14,19)(H,15,16,17). The maximum absolute atomic E-state index is 13.6. The minimum Gasteiger partial charge on any atom is -0.364 e. The Morgan fingerprint density at radius 2 is 2.11 bits per heavy atom. The van der Waals surface area contributed by atoms with E-state index in [1.165, 1.54) is 12.1 Å². The first-order valence-corrected chi connectivity index (χ1v) is 5.62. The van der Waals surface area contributed by atoms with Gasteiger partial charge in [-0.1, -0.05) is 0 Å². The summed E-state index contributed by atoms with van der Waals surface area (Å²) in [5, 5.41) is 9.84. The number of hydrogen-bond donors (Lipinski definition) is 2. The Balaban J connectivity index is 2.47. The van der Waals surface area contributed by atoms with E-state index in [-0.39, 0.29) is 11.4 Å². The van der Waals surface area contributed by atoms with Crippen molar-refractivity contribution in [2.75, 3.05) is 14.1 Å². The van der Waals surface area contributed by atoms with E-state index in [0.717, 1.165) is 5.56 Å². The number of rotatable bonds is 4. The molecule has 0 saturated heterocycles. The van der Waals surface area contributed by atoms with Crippen LogP contribution < -0.4 is 5.73 Å². The van der Waals surface area contributed by atoms with Gasteiger partial charge in [-0.2, -0.15) is 15.4 Å². The van der Waals surface area contributed by atoms with E-state index in [1.807, 2.05) is 19.0 Å². The van der Waals surface area contributed by atoms with Crippen LogP contribution in [0.3, 0.4) is 0 Å². The summed E-state index contributed by atoms with van der Waals surface area (Å²) in [5.74, 6) is -1.10. The largest absolute Gasteiger partial charge is 0.364 e. The molecular formula is C12H14FN5O. The number of hydrogen-bond acceptors (Lipinski definition) is 4. The normalized spacial score (nSPS) is 10.9. The molecule has 0 radical (unpaired) electrons. The van der Waals surface area contributed by atoms with E-state index < -0.39 is 11.7 Å². The van der Waals surface area contributed by atoms with Crippen LogP contribution in [-0.4, -0.2) is 40.3 Å². The first-order chi connectivity index (χ1) is 8.97. The Morgan fingerprint density at radius 3 is 2.74 bits per heavy atom. The first kappa shape index (κ1) is 13.2. The number of amides is 1. The number of primary amides is 1. The third-order valence-corrected chi connectivity index (χ3v) is 2.51. The quantitative estimate of drug-likeness (QED) is 0.853. The maximum atomic E-state index is 13.6. The molecule has 1 heterocycles. The van der Waals surface area contributed by atoms with Gasteiger partial charge in [0.2, 0.25) is 0 Å². The summed E-state index contributed by atoms with van der Waals surface area (Å²) < 4.78 is 13.6. The lowest BCUT2D eigenvalue weighted by atomic mass is 10.1. The zero-order valence-corrected chi connectivity index (χ0v) is 10.6. The molecule has 6 nitrogen and oxygen atoms in total. The van der Waals surface area contributed by atoms with Gasteiger partial charge in [0.1, 0.15) is 11.5 Å². The van der Waals surface area contributed by atoms with Gasteiger partial charge in [-0.15, -0.1) is 0 Å². The average Bonchev–Trinajstić information content (AvgIpc) is 2.75. The van der Waals surface area contributed by atoms with Crippen LogP contribution >= 0.6 is 0 Å². The van der Waals surface area contributed by atoms with Gasteiger partial charge < -0.3 is 10.6 Å². The van der Waals surface area contributed by atoms with Gasteiger partial charge in [-0.3, -0.25) is 4.79 Å². The van der Waals surface area contributed by atoms with Crippen LogP contribution in [0.2, 0.25) is 0 Å². The van der Waals surface area contributed by atoms with E-state index in [4.69, 9.17) is 5.73 Å². The van der Waals surface area contributed by atoms with Crippen molar-refractivity contribution in [1.82, 2.24) is 20.3 Å². The number of H-pyrrole nitrogens is 1. The van der Waals surface area contributed by atoms with Gasteiger partial charge >= 0.3 is 0 Å². The number of nitrogens with zero attached hydrogens (tertiary/aromatic N) is 3. The smallest absolute Gasteiger partial charge is 0.271 e. The zero-order valence-electron chi connectivity index (χ0n) is 10.6. The van der Waals surface area contributed by atoms with Crippen LogP contribution in [0.25, 0.3) is 11.3 Å². The Bertz CT molecular complexity index is 608. The first-order valence-electron chi connectivity index (χ1n) is 5.62. The molecule has 0 spiro atoms. The second-order valence-corrected chi connectivity index (χ2v) is 4.47. The van der Waals surface area contributed by atoms with Crippen molar-refractivity contribution in [2.45, 2.75) is 6.54 Å². The lowest BCUT2D eigenvalue weighted by Crippen LogP contribution is -2.13. The van der Waals surface area contributed by atoms with Crippen molar-refractivity contribution >= 4 is 5.91 Å². The third kappa shape index (κ3) is 2.94. The van der Waals surface area contributed by atoms with Crippen molar-refractivity contribution in [3.8, 4) is 11.3 Å². The van der Waals surface area contributed by atoms with Crippen LogP contribution in [0.15, 0.2) is 18.2 Å². The average molecular weight is 263 g/mol. The number of nitrogens with two attached hydrogens (primary N) is 1. The van der Waals surface area contributed by atoms with Gasteiger partial charge in [-0.25, -0.2) is 4.39 Å². The Morgan fingerprint density at radius 1 is 1.37 bits per heavy atom. The fourth-order valence-electron chi connectivity index (χ4n) is 1.85. The molecule has 7 heteroatoms. The highest BCUT2D eigenvalue weighted by Gasteiger charge is 2.16. The lowest BCUT2D eigenvalue weighted by Gasteiger charge is -2.10. The number of carbonyl (C=O) groups excluding carboxylic acids is 1. The highest BCUT2D eigenvalue weighted by atomic mass is 19.1. The van der Waals surface area contributed by atoms with Crippen molar-refractivity contribution in [2.24, 2.45) is 5.73 Å². The topological polar surface area (TPSA) is 87.9 Å². The zero-order chi connectivity index (χ0) is 14.0. The Kier molecular flexibility index (Phi) is 3.57. The van der Waals surface area contributed by atoms with Crippen molar-refractivity contribution in [3.63, 3.8) is 0 Å². The molecule has 1 amide bonds. The van der Waals surface area contributed by atoms with Gasteiger partial charge in [0, 0.05) is 12.1 Å². The van der Waals surface area contributed by atoms with E-state index in [2.05, 4.69) is 15.4 Å². The summed E-state index contributed by atoms with van der Waals surface area (Å²) in [6.07, 6.45) is 0. The van der Waals surface area contributed by atoms with Crippen molar-refractivity contribution in [1.29, 1.82) is 0 Å². The summed E-state index contributed by atoms with van der Waals surface area (Å²) >= 11 is 0. The highest BCUT2D eigenvalue weighted by Crippen LogP contribution is 2.22. The molecular weight excluding hydrogens is 249 g/mol. The molecule has 1 aromatic heterocycles. The van der Waals surface area contributed by atoms with E-state index in [9.17, 15) is 9.18 Å². The van der Waals surface area contributed by atoms with Crippen LogP contribution in [0, 0.1) is 5.82 Å². The Hall–Kier alpha value is -2.28. The lowest BCUT2D eigenvalue weighted by molar-refractivity contribution is 0.0996. The van der Waals surface area contributed by atoms with E-state index in [0.29, 0.717) is 12.1 Å². The van der Waals surface area contributed by atoms with Crippen LogP contribution in [0.5, 0.6) is 0 Å². The van der Waals surface area contributed by atoms with Gasteiger partial charge in [-0.05, 0) is 37.9 Å². The maximum Gasteiger partial charge on any atom is 0.271 e. The molecule has 0 atom stereocenters. The molecule has 3 N–H and O–H groups in total. The third-order valence-electron chi connectivity index (χ3n) is 2.51. The predicted molar refractivity (Wildman–Crippen MR) is 67.7 cm³/mol. The summed E-state index contributed by atoms with van der Waals surface area (Å²) in [6.45, 7) is 0.578. The second kappa shape index (κ2) is 5.15. The van der Waals surface area contributed by atoms with Gasteiger partial charge in [0.15, 0.2) is 5.69 Å². The summed E-state index contributed by atoms with van der Waals surface area (Å²) in [5.41, 5.74) is 6.70. The van der Waals surface area contributed by atoms with Crippen molar-refractivity contribution < 1.29 is 9.18 Å². The molecule has 0 unspecified atom stereocenters. The molecule has 0 aliphatic heterocycles. The highest BCUT2D eigenvalue weighted by molar-refractivity contribution is 5.96. The predicted octanol–water partition coefficient (Wildman–Crippen LogP) is 0.771. The molecule has 1 aromatic carbocycles. The van der Waals surface area contributed by atoms with Gasteiger partial charge in [0.05, 0.1) is 0 Å². The van der Waals surface area contributed by atoms with Crippen molar-refractivity contribution in [3.05, 3.63) is 35.3 Å². The van der Waals surface area contributed by atoms with Crippen LogP contribution in [-0.2, 0) is 6.54 Å². The summed E-state index contributed by atoms with van der Waals surface area (Å²) in [7, 11) is 3.77. The Labute approximate surface area is 109 Å². The van der Waals surface area contributed by atoms with Crippen LogP contribution in [0.1, 0.15) is 16.1 Å². The molecule has 0 saturated carbocycles. The second-order valence-electron chi connectivity index (χ2n) is 4.47. The number of carbonyl (C=O) groups is 1. The number of aromatic amines is 1. The molecule has 19 heavy (non-hydrogen) atoms. The number of benzene rings is 1. The molecule has 0 fully saturated rings. The minimum atomic E-state index is -0.706. The fraction of sp³-hybridized carbons (Fsp3) is 0.250. The SMILES string of the molecule is CN(C)Cc1cc(F)cc(-c2n[nH]nc2C(N)=O)c1. The molecule has 0 bridgehead atoms. The fourth-order valence-corrected chi connectivity index (χ4v) is 1.85. The minimum absolute atomic E-state index is 0.00130. The monoisotopic (exact) mass is 263 g/mol. The molecule has 2 rings (SSSR count). The van der Waals surface area contributed by atoms with Gasteiger partial charge in [0.25, 0.3) is 5.91 Å². The number of aromatic nitrogens is 3. The summed E-state index contributed by atoms with van der Waals surface area (Å²) in [6, 6.07) is 4.49. The van der Waals surface area contributed by atoms with E-state index >= 15 is 0 Å². The summed E-state index contributed by atoms with van der Waals surface area (Å²) in [4.78, 5) is 13.1. The number of nitrogens with one attached hydrogen (secondary N) is 1. The van der Waals surface area contributed by atoms with E-state index in [1.54, 1.807) is 6.07 Å². The molecule has 0 aliphatic carbocycles. The van der Waals surface area contributed by atoms with Crippen LogP contribution in [0.4, 0.5) is 4.39 Å². The molecule has 0 aliphatic rings.